The van der Waals surface area contributed by atoms with Gasteiger partial charge in [-0.3, -0.25) is 4.79 Å². The highest BCUT2D eigenvalue weighted by Gasteiger charge is 2.10. The molecule has 0 N–H and O–H groups in total. The monoisotopic (exact) mass is 221 g/mol. The van der Waals surface area contributed by atoms with Crippen LogP contribution < -0.4 is 0 Å². The molecule has 0 spiro atoms. The van der Waals surface area contributed by atoms with Gasteiger partial charge in [0.2, 0.25) is 0 Å². The van der Waals surface area contributed by atoms with Crippen molar-refractivity contribution in [2.45, 2.75) is 0 Å². The van der Waals surface area contributed by atoms with Gasteiger partial charge in [-0.25, -0.2) is 0 Å². The highest BCUT2D eigenvalue weighted by molar-refractivity contribution is 7.17. The quantitative estimate of drug-likeness (QED) is 0.694. The lowest BCUT2D eigenvalue weighted by molar-refractivity contribution is 0.112. The van der Waals surface area contributed by atoms with E-state index in [-0.39, 0.29) is 0 Å². The lowest BCUT2D eigenvalue weighted by Gasteiger charge is -1.96. The second-order valence-electron chi connectivity index (χ2n) is 2.72. The van der Waals surface area contributed by atoms with Crippen LogP contribution in [0.2, 0.25) is 5.02 Å². The molecule has 0 aliphatic heterocycles. The van der Waals surface area contributed by atoms with Crippen molar-refractivity contribution >= 4 is 39.3 Å². The highest BCUT2D eigenvalue weighted by Crippen LogP contribution is 2.31. The van der Waals surface area contributed by atoms with E-state index in [1.807, 2.05) is 6.07 Å². The Morgan fingerprint density at radius 3 is 2.93 bits per heavy atom. The summed E-state index contributed by atoms with van der Waals surface area (Å²) in [7, 11) is 0. The Kier molecular flexibility index (Phi) is 2.24. The van der Waals surface area contributed by atoms with Gasteiger partial charge in [-0.05, 0) is 6.07 Å². The topological polar surface area (TPSA) is 40.9 Å². The first-order valence-corrected chi connectivity index (χ1v) is 5.08. The number of halogens is 1. The Balaban J connectivity index is 2.92. The molecule has 0 aliphatic rings. The molecule has 0 amide bonds. The molecule has 0 atom stereocenters. The van der Waals surface area contributed by atoms with E-state index in [4.69, 9.17) is 16.9 Å². The van der Waals surface area contributed by atoms with Crippen molar-refractivity contribution in [3.63, 3.8) is 0 Å². The number of nitrogens with zero attached hydrogens (tertiary/aromatic N) is 1. The van der Waals surface area contributed by atoms with Crippen LogP contribution in [0.25, 0.3) is 10.1 Å². The van der Waals surface area contributed by atoms with Gasteiger partial charge in [0, 0.05) is 16.3 Å². The lowest BCUT2D eigenvalue weighted by Crippen LogP contribution is -1.79. The summed E-state index contributed by atoms with van der Waals surface area (Å²) < 4.78 is 0.780. The second kappa shape index (κ2) is 3.41. The van der Waals surface area contributed by atoms with Crippen LogP contribution in [0.3, 0.4) is 0 Å². The third-order valence-electron chi connectivity index (χ3n) is 1.96. The maximum atomic E-state index is 10.7. The first-order chi connectivity index (χ1) is 6.77. The second-order valence-corrected chi connectivity index (χ2v) is 4.01. The average molecular weight is 222 g/mol. The molecule has 14 heavy (non-hydrogen) atoms. The van der Waals surface area contributed by atoms with Crippen LogP contribution in [0.15, 0.2) is 17.5 Å². The molecule has 0 bridgehead atoms. The Labute approximate surface area is 89.3 Å². The predicted octanol–water partition coefficient (Wildman–Crippen LogP) is 3.24. The SMILES string of the molecule is N#Cc1c(Cl)ccc2c(C=O)csc12. The number of hydrogen-bond acceptors (Lipinski definition) is 3. The standard InChI is InChI=1S/C10H4ClNOS/c11-9-2-1-7-6(4-13)5-14-10(7)8(9)3-12/h1-2,4-5H. The van der Waals surface area contributed by atoms with E-state index >= 15 is 0 Å². The first kappa shape index (κ1) is 9.20. The van der Waals surface area contributed by atoms with E-state index in [1.165, 1.54) is 11.3 Å². The molecule has 0 radical (unpaired) electrons. The number of carbonyl (C=O) groups is 1. The van der Waals surface area contributed by atoms with Crippen molar-refractivity contribution in [3.05, 3.63) is 33.7 Å². The normalized spacial score (nSPS) is 10.0. The number of carbonyl (C=O) groups excluding carboxylic acids is 1. The molecule has 0 unspecified atom stereocenters. The molecule has 1 heterocycles. The van der Waals surface area contributed by atoms with Gasteiger partial charge < -0.3 is 0 Å². The molecule has 2 aromatic rings. The minimum atomic E-state index is 0.430. The minimum Gasteiger partial charge on any atom is -0.298 e. The van der Waals surface area contributed by atoms with Crippen molar-refractivity contribution in [1.82, 2.24) is 0 Å². The van der Waals surface area contributed by atoms with Crippen molar-refractivity contribution < 1.29 is 4.79 Å². The molecule has 68 valence electrons. The van der Waals surface area contributed by atoms with Crippen molar-refractivity contribution in [3.8, 4) is 6.07 Å². The van der Waals surface area contributed by atoms with Crippen LogP contribution >= 0.6 is 22.9 Å². The van der Waals surface area contributed by atoms with Crippen molar-refractivity contribution in [2.24, 2.45) is 0 Å². The number of hydrogen-bond donors (Lipinski definition) is 0. The smallest absolute Gasteiger partial charge is 0.151 e. The Morgan fingerprint density at radius 1 is 1.50 bits per heavy atom. The fourth-order valence-electron chi connectivity index (χ4n) is 1.29. The fourth-order valence-corrected chi connectivity index (χ4v) is 2.56. The number of rotatable bonds is 1. The van der Waals surface area contributed by atoms with Crippen LogP contribution in [0.5, 0.6) is 0 Å². The molecule has 1 aromatic carbocycles. The van der Waals surface area contributed by atoms with Gasteiger partial charge in [0.05, 0.1) is 15.3 Å². The molecule has 0 saturated heterocycles. The maximum absolute atomic E-state index is 10.7. The molecular weight excluding hydrogens is 218 g/mol. The summed E-state index contributed by atoms with van der Waals surface area (Å²) in [5.74, 6) is 0. The summed E-state index contributed by atoms with van der Waals surface area (Å²) in [6.45, 7) is 0. The zero-order valence-corrected chi connectivity index (χ0v) is 8.52. The fraction of sp³-hybridized carbons (Fsp3) is 0. The van der Waals surface area contributed by atoms with Gasteiger partial charge in [0.15, 0.2) is 6.29 Å². The third kappa shape index (κ3) is 1.20. The van der Waals surface area contributed by atoms with E-state index in [0.717, 1.165) is 16.4 Å². The van der Waals surface area contributed by atoms with E-state index in [1.54, 1.807) is 17.5 Å². The zero-order chi connectivity index (χ0) is 10.1. The van der Waals surface area contributed by atoms with Crippen LogP contribution in [-0.4, -0.2) is 6.29 Å². The number of benzene rings is 1. The van der Waals surface area contributed by atoms with Crippen molar-refractivity contribution in [2.75, 3.05) is 0 Å². The van der Waals surface area contributed by atoms with E-state index in [9.17, 15) is 4.79 Å². The Bertz CT molecular complexity index is 553. The Morgan fingerprint density at radius 2 is 2.29 bits per heavy atom. The minimum absolute atomic E-state index is 0.430. The molecule has 0 aliphatic carbocycles. The molecule has 1 aromatic heterocycles. The van der Waals surface area contributed by atoms with Crippen LogP contribution in [0.4, 0.5) is 0 Å². The number of fused-ring (bicyclic) bond motifs is 1. The highest BCUT2D eigenvalue weighted by atomic mass is 35.5. The summed E-state index contributed by atoms with van der Waals surface area (Å²) in [6, 6.07) is 5.44. The van der Waals surface area contributed by atoms with Crippen LogP contribution in [-0.2, 0) is 0 Å². The Hall–Kier alpha value is -1.37. The molecule has 0 saturated carbocycles. The zero-order valence-electron chi connectivity index (χ0n) is 6.95. The molecule has 2 rings (SSSR count). The summed E-state index contributed by atoms with van der Waals surface area (Å²) in [6.07, 6.45) is 0.786. The summed E-state index contributed by atoms with van der Waals surface area (Å²) in [5, 5.41) is 11.8. The number of nitriles is 1. The van der Waals surface area contributed by atoms with E-state index in [2.05, 4.69) is 0 Å². The number of thiophene rings is 1. The largest absolute Gasteiger partial charge is 0.298 e. The first-order valence-electron chi connectivity index (χ1n) is 3.83. The van der Waals surface area contributed by atoms with Gasteiger partial charge in [0.25, 0.3) is 0 Å². The van der Waals surface area contributed by atoms with Gasteiger partial charge in [-0.1, -0.05) is 17.7 Å². The summed E-state index contributed by atoms with van der Waals surface area (Å²) >= 11 is 7.22. The average Bonchev–Trinajstić information content (AvgIpc) is 2.60. The van der Waals surface area contributed by atoms with Gasteiger partial charge >= 0.3 is 0 Å². The van der Waals surface area contributed by atoms with Crippen LogP contribution in [0.1, 0.15) is 15.9 Å². The summed E-state index contributed by atoms with van der Waals surface area (Å²) in [5.41, 5.74) is 1.06. The molecular formula is C10H4ClNOS. The van der Waals surface area contributed by atoms with E-state index in [0.29, 0.717) is 16.1 Å². The lowest BCUT2D eigenvalue weighted by atomic mass is 10.1. The van der Waals surface area contributed by atoms with Gasteiger partial charge in [-0.2, -0.15) is 5.26 Å². The summed E-state index contributed by atoms with van der Waals surface area (Å²) in [4.78, 5) is 10.7. The maximum Gasteiger partial charge on any atom is 0.151 e. The number of aldehydes is 1. The molecule has 0 fully saturated rings. The third-order valence-corrected chi connectivity index (χ3v) is 3.31. The molecule has 4 heteroatoms. The van der Waals surface area contributed by atoms with E-state index < -0.39 is 0 Å². The van der Waals surface area contributed by atoms with Crippen LogP contribution in [0, 0.1) is 11.3 Å². The van der Waals surface area contributed by atoms with Gasteiger partial charge in [-0.15, -0.1) is 11.3 Å². The molecule has 2 nitrogen and oxygen atoms in total. The van der Waals surface area contributed by atoms with Crippen molar-refractivity contribution in [1.29, 1.82) is 5.26 Å². The predicted molar refractivity (Wildman–Crippen MR) is 56.9 cm³/mol. The van der Waals surface area contributed by atoms with Gasteiger partial charge in [0.1, 0.15) is 6.07 Å².